The minimum Gasteiger partial charge on any atom is -0.481 e. The normalized spacial score (nSPS) is 9.36. The van der Waals surface area contributed by atoms with E-state index in [0.29, 0.717) is 0 Å². The average Bonchev–Trinajstić information content (AvgIpc) is 1.87. The Bertz CT molecular complexity index is 98.3. The van der Waals surface area contributed by atoms with E-state index < -0.39 is 5.97 Å². The number of hydrogen-bond acceptors (Lipinski definition) is 1. The summed E-state index contributed by atoms with van der Waals surface area (Å²) in [5.74, 6) is -0.737. The quantitative estimate of drug-likeness (QED) is 0.549. The van der Waals surface area contributed by atoms with Gasteiger partial charge in [-0.05, 0) is 12.8 Å². The standard InChI is InChI=1S/C8H16O2.Na/c1-3-5-7(6-4-2)8(9)10;/h7H,3-6H2,1-2H3,(H,9,10);/q;+1. The molecule has 0 bridgehead atoms. The molecule has 0 aliphatic heterocycles. The van der Waals surface area contributed by atoms with E-state index in [1.54, 1.807) is 0 Å². The van der Waals surface area contributed by atoms with Crippen LogP contribution in [0.15, 0.2) is 0 Å². The third-order valence-corrected chi connectivity index (χ3v) is 1.62. The van der Waals surface area contributed by atoms with Crippen LogP contribution in [0, 0.1) is 5.92 Å². The minimum atomic E-state index is -0.635. The second-order valence-electron chi connectivity index (χ2n) is 2.61. The zero-order valence-corrected chi connectivity index (χ0v) is 9.76. The molecule has 1 N–H and O–H groups in total. The SMILES string of the molecule is CCCC(CCC)C(=O)O.[Na+]. The van der Waals surface area contributed by atoms with Gasteiger partial charge in [0.2, 0.25) is 0 Å². The molecule has 0 aromatic carbocycles. The smallest absolute Gasteiger partial charge is 0.481 e. The largest absolute Gasteiger partial charge is 1.00 e. The van der Waals surface area contributed by atoms with E-state index in [4.69, 9.17) is 5.11 Å². The van der Waals surface area contributed by atoms with Crippen LogP contribution in [0.5, 0.6) is 0 Å². The van der Waals surface area contributed by atoms with Gasteiger partial charge in [0.1, 0.15) is 0 Å². The zero-order chi connectivity index (χ0) is 7.98. The summed E-state index contributed by atoms with van der Waals surface area (Å²) in [7, 11) is 0. The number of carboxylic acid groups (broad SMARTS) is 1. The predicted octanol–water partition coefficient (Wildman–Crippen LogP) is -0.709. The fourth-order valence-electron chi connectivity index (χ4n) is 1.09. The molecule has 0 amide bonds. The summed E-state index contributed by atoms with van der Waals surface area (Å²) in [4.78, 5) is 10.5. The zero-order valence-electron chi connectivity index (χ0n) is 7.76. The maximum absolute atomic E-state index is 10.5. The molecule has 0 aliphatic rings. The van der Waals surface area contributed by atoms with Crippen LogP contribution in [-0.2, 0) is 4.79 Å². The van der Waals surface area contributed by atoms with Gasteiger partial charge < -0.3 is 5.11 Å². The van der Waals surface area contributed by atoms with Crippen LogP contribution in [0.3, 0.4) is 0 Å². The molecule has 0 aromatic heterocycles. The van der Waals surface area contributed by atoms with Crippen LogP contribution in [0.4, 0.5) is 0 Å². The van der Waals surface area contributed by atoms with E-state index in [-0.39, 0.29) is 35.5 Å². The summed E-state index contributed by atoms with van der Waals surface area (Å²) >= 11 is 0. The monoisotopic (exact) mass is 167 g/mol. The van der Waals surface area contributed by atoms with Crippen molar-refractivity contribution in [2.75, 3.05) is 0 Å². The average molecular weight is 167 g/mol. The Balaban J connectivity index is 0. The van der Waals surface area contributed by atoms with Gasteiger partial charge in [-0.3, -0.25) is 4.79 Å². The van der Waals surface area contributed by atoms with Gasteiger partial charge in [-0.2, -0.15) is 0 Å². The van der Waals surface area contributed by atoms with E-state index in [1.807, 2.05) is 13.8 Å². The topological polar surface area (TPSA) is 37.3 Å². The molecule has 0 atom stereocenters. The molecule has 0 spiro atoms. The van der Waals surface area contributed by atoms with Crippen molar-refractivity contribution in [3.05, 3.63) is 0 Å². The molecule has 0 unspecified atom stereocenters. The first kappa shape index (κ1) is 14.0. The molecule has 3 heteroatoms. The van der Waals surface area contributed by atoms with Gasteiger partial charge in [-0.15, -0.1) is 0 Å². The van der Waals surface area contributed by atoms with E-state index in [9.17, 15) is 4.79 Å². The van der Waals surface area contributed by atoms with E-state index >= 15 is 0 Å². The molecule has 11 heavy (non-hydrogen) atoms. The van der Waals surface area contributed by atoms with Crippen molar-refractivity contribution < 1.29 is 39.5 Å². The summed E-state index contributed by atoms with van der Waals surface area (Å²) in [6, 6.07) is 0. The van der Waals surface area contributed by atoms with Gasteiger partial charge in [-0.25, -0.2) is 0 Å². The second-order valence-corrected chi connectivity index (χ2v) is 2.61. The van der Waals surface area contributed by atoms with E-state index in [1.165, 1.54) is 0 Å². The maximum atomic E-state index is 10.5. The summed E-state index contributed by atoms with van der Waals surface area (Å²) in [6.07, 6.45) is 3.58. The van der Waals surface area contributed by atoms with E-state index in [0.717, 1.165) is 25.7 Å². The van der Waals surface area contributed by atoms with Gasteiger partial charge in [0, 0.05) is 0 Å². The number of aliphatic carboxylic acids is 1. The van der Waals surface area contributed by atoms with Gasteiger partial charge in [0.25, 0.3) is 0 Å². The van der Waals surface area contributed by atoms with Crippen molar-refractivity contribution in [2.45, 2.75) is 39.5 Å². The fraction of sp³-hybridized carbons (Fsp3) is 0.875. The van der Waals surface area contributed by atoms with Crippen LogP contribution in [0.2, 0.25) is 0 Å². The summed E-state index contributed by atoms with van der Waals surface area (Å²) in [6.45, 7) is 4.04. The van der Waals surface area contributed by atoms with Crippen LogP contribution >= 0.6 is 0 Å². The first-order valence-electron chi connectivity index (χ1n) is 3.95. The molecule has 0 radical (unpaired) electrons. The van der Waals surface area contributed by atoms with E-state index in [2.05, 4.69) is 0 Å². The summed E-state index contributed by atoms with van der Waals surface area (Å²) < 4.78 is 0. The molecule has 0 heterocycles. The Labute approximate surface area is 90.7 Å². The minimum absolute atomic E-state index is 0. The van der Waals surface area contributed by atoms with Crippen LogP contribution in [0.1, 0.15) is 39.5 Å². The van der Waals surface area contributed by atoms with Crippen molar-refractivity contribution in [3.8, 4) is 0 Å². The van der Waals surface area contributed by atoms with Gasteiger partial charge in [-0.1, -0.05) is 26.7 Å². The first-order valence-corrected chi connectivity index (χ1v) is 3.95. The molecule has 60 valence electrons. The second kappa shape index (κ2) is 8.57. The number of carbonyl (C=O) groups is 1. The van der Waals surface area contributed by atoms with Crippen LogP contribution in [0.25, 0.3) is 0 Å². The number of carboxylic acids is 1. The van der Waals surface area contributed by atoms with Gasteiger partial charge in [0.15, 0.2) is 0 Å². The van der Waals surface area contributed by atoms with Gasteiger partial charge in [0.05, 0.1) is 5.92 Å². The Morgan fingerprint density at radius 1 is 1.27 bits per heavy atom. The predicted molar refractivity (Wildman–Crippen MR) is 40.9 cm³/mol. The fourth-order valence-corrected chi connectivity index (χ4v) is 1.09. The summed E-state index contributed by atoms with van der Waals surface area (Å²) in [5, 5.41) is 8.64. The number of rotatable bonds is 5. The third kappa shape index (κ3) is 6.85. The number of hydrogen-bond donors (Lipinski definition) is 1. The maximum Gasteiger partial charge on any atom is 1.00 e. The molecule has 2 nitrogen and oxygen atoms in total. The van der Waals surface area contributed by atoms with Crippen molar-refractivity contribution in [1.29, 1.82) is 0 Å². The molecular weight excluding hydrogens is 151 g/mol. The van der Waals surface area contributed by atoms with Crippen molar-refractivity contribution >= 4 is 5.97 Å². The Morgan fingerprint density at radius 2 is 1.64 bits per heavy atom. The first-order chi connectivity index (χ1) is 4.72. The Hall–Kier alpha value is 0.470. The molecule has 0 saturated heterocycles. The molecule has 0 aliphatic carbocycles. The van der Waals surface area contributed by atoms with Crippen LogP contribution < -0.4 is 29.6 Å². The molecule has 0 saturated carbocycles. The molecule has 0 fully saturated rings. The third-order valence-electron chi connectivity index (χ3n) is 1.62. The Morgan fingerprint density at radius 3 is 1.82 bits per heavy atom. The molecule has 0 aromatic rings. The Kier molecular flexibility index (Phi) is 10.9. The summed E-state index contributed by atoms with van der Waals surface area (Å²) in [5.41, 5.74) is 0. The van der Waals surface area contributed by atoms with Crippen molar-refractivity contribution in [2.24, 2.45) is 5.92 Å². The van der Waals surface area contributed by atoms with Crippen molar-refractivity contribution in [3.63, 3.8) is 0 Å². The van der Waals surface area contributed by atoms with Crippen molar-refractivity contribution in [1.82, 2.24) is 0 Å². The van der Waals surface area contributed by atoms with Gasteiger partial charge >= 0.3 is 35.5 Å². The molecule has 0 rings (SSSR count). The van der Waals surface area contributed by atoms with Crippen LogP contribution in [-0.4, -0.2) is 11.1 Å². The molecular formula is C8H16NaO2+.